The van der Waals surface area contributed by atoms with Crippen molar-refractivity contribution < 1.29 is 9.53 Å². The van der Waals surface area contributed by atoms with Gasteiger partial charge in [0.1, 0.15) is 13.5 Å². The molecule has 0 bridgehead atoms. The van der Waals surface area contributed by atoms with Crippen molar-refractivity contribution in [2.45, 2.75) is 70.7 Å². The fourth-order valence-corrected chi connectivity index (χ4v) is 5.63. The van der Waals surface area contributed by atoms with Crippen molar-refractivity contribution in [3.8, 4) is 0 Å². The van der Waals surface area contributed by atoms with E-state index in [1.165, 1.54) is 37.7 Å². The minimum atomic E-state index is -1.85. The molecule has 0 radical (unpaired) electrons. The van der Waals surface area contributed by atoms with Gasteiger partial charge in [-0.25, -0.2) is 0 Å². The standard InChI is InChI=1S/C21H34O2Si/c1-16(17-12-8-6-9-13-17)20(23-2)19(21(22)24(3,4)5)18-14-10-7-11-15-18/h6,8-9,12-13,16,18-20H,7,10-11,14-15H2,1-5H3. The minimum Gasteiger partial charge on any atom is -0.380 e. The summed E-state index contributed by atoms with van der Waals surface area (Å²) in [6.07, 6.45) is 6.18. The van der Waals surface area contributed by atoms with Crippen molar-refractivity contribution in [3.05, 3.63) is 35.9 Å². The largest absolute Gasteiger partial charge is 0.380 e. The third kappa shape index (κ3) is 4.57. The monoisotopic (exact) mass is 346 g/mol. The molecule has 3 atom stereocenters. The summed E-state index contributed by atoms with van der Waals surface area (Å²) < 4.78 is 6.00. The van der Waals surface area contributed by atoms with Crippen LogP contribution in [0.3, 0.4) is 0 Å². The molecule has 0 aliphatic heterocycles. The lowest BCUT2D eigenvalue weighted by molar-refractivity contribution is -0.124. The van der Waals surface area contributed by atoms with Gasteiger partial charge in [0.05, 0.1) is 6.10 Å². The van der Waals surface area contributed by atoms with E-state index in [1.807, 2.05) is 6.07 Å². The van der Waals surface area contributed by atoms with Gasteiger partial charge in [-0.3, -0.25) is 0 Å². The number of carbonyl (C=O) groups is 1. The lowest BCUT2D eigenvalue weighted by Crippen LogP contribution is -2.49. The SMILES string of the molecule is COC(C(C)c1ccccc1)C(C(=O)[Si](C)(C)C)C1CCCCC1. The second-order valence-electron chi connectivity index (χ2n) is 8.44. The van der Waals surface area contributed by atoms with Crippen molar-refractivity contribution in [3.63, 3.8) is 0 Å². The molecule has 1 fully saturated rings. The van der Waals surface area contributed by atoms with E-state index >= 15 is 0 Å². The van der Waals surface area contributed by atoms with Crippen LogP contribution in [0, 0.1) is 11.8 Å². The number of rotatable bonds is 7. The molecule has 0 N–H and O–H groups in total. The van der Waals surface area contributed by atoms with E-state index in [1.54, 1.807) is 7.11 Å². The number of carbonyl (C=O) groups excluding carboxylic acids is 1. The summed E-state index contributed by atoms with van der Waals surface area (Å²) in [6.45, 7) is 8.78. The first-order valence-electron chi connectivity index (χ1n) is 9.48. The second-order valence-corrected chi connectivity index (χ2v) is 13.4. The van der Waals surface area contributed by atoms with Gasteiger partial charge in [0.15, 0.2) is 0 Å². The quantitative estimate of drug-likeness (QED) is 0.614. The van der Waals surface area contributed by atoms with Crippen LogP contribution in [0.2, 0.25) is 19.6 Å². The van der Waals surface area contributed by atoms with Gasteiger partial charge in [0.2, 0.25) is 0 Å². The predicted molar refractivity (Wildman–Crippen MR) is 104 cm³/mol. The normalized spacial score (nSPS) is 20.4. The first-order valence-corrected chi connectivity index (χ1v) is 13.0. The summed E-state index contributed by atoms with van der Waals surface area (Å²) in [5.41, 5.74) is 1.27. The lowest BCUT2D eigenvalue weighted by Gasteiger charge is -2.39. The molecule has 0 aromatic heterocycles. The number of hydrogen-bond donors (Lipinski definition) is 0. The molecule has 1 saturated carbocycles. The molecule has 0 heterocycles. The molecule has 0 spiro atoms. The highest BCUT2D eigenvalue weighted by atomic mass is 28.3. The van der Waals surface area contributed by atoms with Gasteiger partial charge in [-0.15, -0.1) is 0 Å². The third-order valence-electron chi connectivity index (χ3n) is 5.64. The Morgan fingerprint density at radius 3 is 2.17 bits per heavy atom. The molecule has 134 valence electrons. The maximum atomic E-state index is 13.4. The van der Waals surface area contributed by atoms with E-state index in [0.29, 0.717) is 11.3 Å². The van der Waals surface area contributed by atoms with Crippen LogP contribution in [-0.2, 0) is 9.53 Å². The molecule has 1 aromatic carbocycles. The summed E-state index contributed by atoms with van der Waals surface area (Å²) in [6, 6.07) is 10.5. The smallest absolute Gasteiger partial charge is 0.124 e. The Balaban J connectivity index is 2.33. The Kier molecular flexibility index (Phi) is 6.82. The highest BCUT2D eigenvalue weighted by molar-refractivity contribution is 7.03. The van der Waals surface area contributed by atoms with E-state index in [2.05, 4.69) is 50.8 Å². The number of benzene rings is 1. The first-order chi connectivity index (χ1) is 11.4. The van der Waals surface area contributed by atoms with Crippen LogP contribution in [0.4, 0.5) is 0 Å². The zero-order chi connectivity index (χ0) is 17.7. The highest BCUT2D eigenvalue weighted by Crippen LogP contribution is 2.39. The van der Waals surface area contributed by atoms with Gasteiger partial charge >= 0.3 is 0 Å². The average molecular weight is 347 g/mol. The maximum absolute atomic E-state index is 13.4. The molecular formula is C21H34O2Si. The summed E-state index contributed by atoms with van der Waals surface area (Å²) in [5.74, 6) is 0.787. The van der Waals surface area contributed by atoms with Crippen molar-refractivity contribution in [2.24, 2.45) is 11.8 Å². The zero-order valence-electron chi connectivity index (χ0n) is 16.0. The van der Waals surface area contributed by atoms with Gasteiger partial charge in [-0.2, -0.15) is 0 Å². The van der Waals surface area contributed by atoms with Gasteiger partial charge in [0.25, 0.3) is 0 Å². The zero-order valence-corrected chi connectivity index (χ0v) is 17.0. The molecule has 1 aliphatic rings. The van der Waals surface area contributed by atoms with Crippen LogP contribution in [0.1, 0.15) is 50.5 Å². The van der Waals surface area contributed by atoms with Crippen LogP contribution >= 0.6 is 0 Å². The number of methoxy groups -OCH3 is 1. The fraction of sp³-hybridized carbons (Fsp3) is 0.667. The first kappa shape index (κ1) is 19.4. The van der Waals surface area contributed by atoms with E-state index in [4.69, 9.17) is 4.74 Å². The van der Waals surface area contributed by atoms with Gasteiger partial charge in [-0.1, -0.05) is 76.2 Å². The summed E-state index contributed by atoms with van der Waals surface area (Å²) in [5, 5.41) is 0.504. The summed E-state index contributed by atoms with van der Waals surface area (Å²) in [4.78, 5) is 13.4. The van der Waals surface area contributed by atoms with Gasteiger partial charge in [0, 0.05) is 18.9 Å². The maximum Gasteiger partial charge on any atom is 0.124 e. The lowest BCUT2D eigenvalue weighted by atomic mass is 9.74. The molecule has 0 saturated heterocycles. The minimum absolute atomic E-state index is 0.0188. The molecule has 0 amide bonds. The number of hydrogen-bond acceptors (Lipinski definition) is 2. The Hall–Kier alpha value is -0.933. The molecule has 3 heteroatoms. The Morgan fingerprint density at radius 2 is 1.67 bits per heavy atom. The Morgan fingerprint density at radius 1 is 1.08 bits per heavy atom. The average Bonchev–Trinajstić information content (AvgIpc) is 2.59. The topological polar surface area (TPSA) is 26.3 Å². The predicted octanol–water partition coefficient (Wildman–Crippen LogP) is 5.45. The van der Waals surface area contributed by atoms with Crippen LogP contribution in [0.5, 0.6) is 0 Å². The Bertz CT molecular complexity index is 514. The third-order valence-corrected chi connectivity index (χ3v) is 7.46. The van der Waals surface area contributed by atoms with Gasteiger partial charge < -0.3 is 9.53 Å². The van der Waals surface area contributed by atoms with Crippen LogP contribution in [0.15, 0.2) is 30.3 Å². The fourth-order valence-electron chi connectivity index (χ4n) is 4.23. The highest BCUT2D eigenvalue weighted by Gasteiger charge is 2.43. The van der Waals surface area contributed by atoms with Crippen molar-refractivity contribution in [2.75, 3.05) is 7.11 Å². The molecule has 1 aromatic rings. The molecule has 24 heavy (non-hydrogen) atoms. The molecule has 2 nitrogen and oxygen atoms in total. The van der Waals surface area contributed by atoms with Crippen molar-refractivity contribution in [1.29, 1.82) is 0 Å². The van der Waals surface area contributed by atoms with Crippen molar-refractivity contribution >= 4 is 13.5 Å². The van der Waals surface area contributed by atoms with Crippen molar-refractivity contribution in [1.82, 2.24) is 0 Å². The van der Waals surface area contributed by atoms with Crippen LogP contribution in [0.25, 0.3) is 0 Å². The molecule has 1 aliphatic carbocycles. The Labute approximate surface area is 149 Å². The van der Waals surface area contributed by atoms with E-state index < -0.39 is 8.07 Å². The molecule has 3 unspecified atom stereocenters. The van der Waals surface area contributed by atoms with Gasteiger partial charge in [-0.05, 0) is 24.3 Å². The van der Waals surface area contributed by atoms with Crippen LogP contribution in [-0.4, -0.2) is 26.7 Å². The second kappa shape index (κ2) is 8.44. The van der Waals surface area contributed by atoms with E-state index in [9.17, 15) is 4.79 Å². The molecular weight excluding hydrogens is 312 g/mol. The van der Waals surface area contributed by atoms with E-state index in [0.717, 1.165) is 0 Å². The van der Waals surface area contributed by atoms with Crippen LogP contribution < -0.4 is 0 Å². The number of ether oxygens (including phenoxy) is 1. The molecule has 2 rings (SSSR count). The summed E-state index contributed by atoms with van der Waals surface area (Å²) >= 11 is 0. The van der Waals surface area contributed by atoms with E-state index in [-0.39, 0.29) is 17.9 Å². The summed E-state index contributed by atoms with van der Waals surface area (Å²) in [7, 11) is -0.0633.